The number of aliphatic hydroxyl groups is 1. The van der Waals surface area contributed by atoms with Crippen LogP contribution in [-0.2, 0) is 4.79 Å². The molecule has 114 valence electrons. The number of ether oxygens (including phenoxy) is 1. The third-order valence-corrected chi connectivity index (χ3v) is 4.21. The maximum Gasteiger partial charge on any atom is 0.250 e. The molecule has 2 aliphatic rings. The summed E-state index contributed by atoms with van der Waals surface area (Å²) in [5, 5.41) is 13.0. The molecule has 5 heteroatoms. The molecule has 1 saturated heterocycles. The third kappa shape index (κ3) is 3.36. The zero-order chi connectivity index (χ0) is 14.7. The van der Waals surface area contributed by atoms with Crippen molar-refractivity contribution in [2.45, 2.75) is 31.4 Å². The Morgan fingerprint density at radius 1 is 1.38 bits per heavy atom. The van der Waals surface area contributed by atoms with Gasteiger partial charge >= 0.3 is 0 Å². The molecule has 2 heterocycles. The highest BCUT2D eigenvalue weighted by Crippen LogP contribution is 2.31. The molecule has 1 aromatic rings. The second kappa shape index (κ2) is 6.45. The van der Waals surface area contributed by atoms with Crippen LogP contribution in [0.15, 0.2) is 24.3 Å². The molecule has 1 amide bonds. The molecule has 21 heavy (non-hydrogen) atoms. The topological polar surface area (TPSA) is 61.8 Å². The van der Waals surface area contributed by atoms with E-state index in [2.05, 4.69) is 10.2 Å². The normalized spacial score (nSPS) is 23.2. The Hall–Kier alpha value is -1.59. The number of hydrogen-bond donors (Lipinski definition) is 2. The number of nitrogens with zero attached hydrogens (tertiary/aromatic N) is 1. The molecule has 1 aromatic carbocycles. The van der Waals surface area contributed by atoms with Crippen LogP contribution in [0.3, 0.4) is 0 Å². The predicted octanol–water partition coefficient (Wildman–Crippen LogP) is 1.08. The van der Waals surface area contributed by atoms with Crippen molar-refractivity contribution in [3.05, 3.63) is 29.8 Å². The number of fused-ring (bicyclic) bond motifs is 1. The van der Waals surface area contributed by atoms with Gasteiger partial charge < -0.3 is 20.1 Å². The first-order valence-electron chi connectivity index (χ1n) is 7.66. The largest absolute Gasteiger partial charge is 0.493 e. The molecule has 0 bridgehead atoms. The van der Waals surface area contributed by atoms with Crippen LogP contribution in [0, 0.1) is 0 Å². The van der Waals surface area contributed by atoms with Crippen molar-refractivity contribution in [1.29, 1.82) is 0 Å². The minimum absolute atomic E-state index is 0.0734. The summed E-state index contributed by atoms with van der Waals surface area (Å²) >= 11 is 0. The van der Waals surface area contributed by atoms with Gasteiger partial charge in [-0.2, -0.15) is 0 Å². The SMILES string of the molecule is O=C(NC1CCOc2ccccc21)C(O)CN1CCCC1. The van der Waals surface area contributed by atoms with Gasteiger partial charge in [-0.3, -0.25) is 4.79 Å². The van der Waals surface area contributed by atoms with E-state index in [1.165, 1.54) is 0 Å². The first kappa shape index (κ1) is 14.4. The van der Waals surface area contributed by atoms with Crippen LogP contribution in [0.4, 0.5) is 0 Å². The molecule has 2 aliphatic heterocycles. The number of β-amino-alcohol motifs (C(OH)–C–C–N with tert-alkyl or cyclic N) is 1. The van der Waals surface area contributed by atoms with Crippen molar-refractivity contribution in [2.75, 3.05) is 26.2 Å². The van der Waals surface area contributed by atoms with Crippen molar-refractivity contribution < 1.29 is 14.6 Å². The van der Waals surface area contributed by atoms with Gasteiger partial charge in [-0.1, -0.05) is 18.2 Å². The molecular weight excluding hydrogens is 268 g/mol. The van der Waals surface area contributed by atoms with Crippen LogP contribution in [-0.4, -0.2) is 48.3 Å². The molecule has 0 saturated carbocycles. The van der Waals surface area contributed by atoms with Crippen molar-refractivity contribution in [2.24, 2.45) is 0 Å². The van der Waals surface area contributed by atoms with Gasteiger partial charge in [0.05, 0.1) is 12.6 Å². The number of carbonyl (C=O) groups excluding carboxylic acids is 1. The summed E-state index contributed by atoms with van der Waals surface area (Å²) in [6.07, 6.45) is 2.08. The van der Waals surface area contributed by atoms with Crippen LogP contribution >= 0.6 is 0 Å². The maximum absolute atomic E-state index is 12.2. The zero-order valence-corrected chi connectivity index (χ0v) is 12.1. The molecule has 2 unspecified atom stereocenters. The van der Waals surface area contributed by atoms with Gasteiger partial charge in [0.25, 0.3) is 5.91 Å². The van der Waals surface area contributed by atoms with Gasteiger partial charge in [0, 0.05) is 18.5 Å². The van der Waals surface area contributed by atoms with E-state index in [0.717, 1.165) is 43.7 Å². The van der Waals surface area contributed by atoms with Crippen molar-refractivity contribution >= 4 is 5.91 Å². The molecule has 2 N–H and O–H groups in total. The average molecular weight is 290 g/mol. The van der Waals surface area contributed by atoms with Crippen LogP contribution in [0.5, 0.6) is 5.75 Å². The second-order valence-electron chi connectivity index (χ2n) is 5.76. The summed E-state index contributed by atoms with van der Waals surface area (Å²) in [6.45, 7) is 2.97. The number of benzene rings is 1. The number of aliphatic hydroxyl groups excluding tert-OH is 1. The molecule has 3 rings (SSSR count). The molecule has 0 aromatic heterocycles. The number of para-hydroxylation sites is 1. The standard InChI is InChI=1S/C16H22N2O3/c19-14(11-18-8-3-4-9-18)16(20)17-13-7-10-21-15-6-2-1-5-12(13)15/h1-2,5-6,13-14,19H,3-4,7-11H2,(H,17,20). The van der Waals surface area contributed by atoms with Crippen LogP contribution in [0.1, 0.15) is 30.9 Å². The highest BCUT2D eigenvalue weighted by Gasteiger charge is 2.26. The summed E-state index contributed by atoms with van der Waals surface area (Å²) in [6, 6.07) is 7.66. The van der Waals surface area contributed by atoms with Gasteiger partial charge in [0.15, 0.2) is 0 Å². The van der Waals surface area contributed by atoms with Crippen LogP contribution in [0.25, 0.3) is 0 Å². The Morgan fingerprint density at radius 2 is 2.14 bits per heavy atom. The Kier molecular flexibility index (Phi) is 4.41. The number of hydrogen-bond acceptors (Lipinski definition) is 4. The summed E-state index contributed by atoms with van der Waals surface area (Å²) in [5.41, 5.74) is 0.991. The number of carbonyl (C=O) groups is 1. The summed E-state index contributed by atoms with van der Waals surface area (Å²) < 4.78 is 5.58. The lowest BCUT2D eigenvalue weighted by Crippen LogP contribution is -2.44. The van der Waals surface area contributed by atoms with Gasteiger partial charge in [-0.25, -0.2) is 0 Å². The Balaban J connectivity index is 1.59. The number of rotatable bonds is 4. The monoisotopic (exact) mass is 290 g/mol. The first-order valence-corrected chi connectivity index (χ1v) is 7.66. The fraction of sp³-hybridized carbons (Fsp3) is 0.562. The van der Waals surface area contributed by atoms with E-state index in [-0.39, 0.29) is 11.9 Å². The Labute approximate surface area is 124 Å². The summed E-state index contributed by atoms with van der Waals surface area (Å²) in [5.74, 6) is 0.534. The molecule has 2 atom stereocenters. The van der Waals surface area contributed by atoms with E-state index in [9.17, 15) is 9.90 Å². The van der Waals surface area contributed by atoms with Crippen LogP contribution < -0.4 is 10.1 Å². The van der Waals surface area contributed by atoms with E-state index in [1.54, 1.807) is 0 Å². The first-order chi connectivity index (χ1) is 10.2. The quantitative estimate of drug-likeness (QED) is 0.871. The Morgan fingerprint density at radius 3 is 2.95 bits per heavy atom. The average Bonchev–Trinajstić information content (AvgIpc) is 3.00. The minimum atomic E-state index is -0.960. The third-order valence-electron chi connectivity index (χ3n) is 4.21. The van der Waals surface area contributed by atoms with Gasteiger partial charge in [-0.05, 0) is 32.0 Å². The lowest BCUT2D eigenvalue weighted by atomic mass is 10.0. The molecular formula is C16H22N2O3. The highest BCUT2D eigenvalue weighted by molar-refractivity contribution is 5.81. The summed E-state index contributed by atoms with van der Waals surface area (Å²) in [4.78, 5) is 14.3. The lowest BCUT2D eigenvalue weighted by molar-refractivity contribution is -0.131. The van der Waals surface area contributed by atoms with Crippen molar-refractivity contribution in [3.63, 3.8) is 0 Å². The number of nitrogens with one attached hydrogen (secondary N) is 1. The van der Waals surface area contributed by atoms with E-state index >= 15 is 0 Å². The van der Waals surface area contributed by atoms with E-state index < -0.39 is 6.10 Å². The minimum Gasteiger partial charge on any atom is -0.493 e. The lowest BCUT2D eigenvalue weighted by Gasteiger charge is -2.28. The number of amides is 1. The van der Waals surface area contributed by atoms with Crippen molar-refractivity contribution in [1.82, 2.24) is 10.2 Å². The van der Waals surface area contributed by atoms with E-state index in [0.29, 0.717) is 13.2 Å². The molecule has 1 fully saturated rings. The molecule has 0 radical (unpaired) electrons. The fourth-order valence-corrected chi connectivity index (χ4v) is 3.05. The second-order valence-corrected chi connectivity index (χ2v) is 5.76. The highest BCUT2D eigenvalue weighted by atomic mass is 16.5. The molecule has 0 spiro atoms. The van der Waals surface area contributed by atoms with E-state index in [1.807, 2.05) is 24.3 Å². The van der Waals surface area contributed by atoms with Gasteiger partial charge in [0.2, 0.25) is 0 Å². The van der Waals surface area contributed by atoms with Crippen LogP contribution in [0.2, 0.25) is 0 Å². The van der Waals surface area contributed by atoms with Gasteiger partial charge in [-0.15, -0.1) is 0 Å². The van der Waals surface area contributed by atoms with Gasteiger partial charge in [0.1, 0.15) is 11.9 Å². The maximum atomic E-state index is 12.2. The van der Waals surface area contributed by atoms with E-state index in [4.69, 9.17) is 4.74 Å². The fourth-order valence-electron chi connectivity index (χ4n) is 3.05. The number of likely N-dealkylation sites (tertiary alicyclic amines) is 1. The smallest absolute Gasteiger partial charge is 0.250 e. The summed E-state index contributed by atoms with van der Waals surface area (Å²) in [7, 11) is 0. The zero-order valence-electron chi connectivity index (χ0n) is 12.1. The molecule has 0 aliphatic carbocycles. The molecule has 5 nitrogen and oxygen atoms in total. The predicted molar refractivity (Wildman–Crippen MR) is 79.1 cm³/mol. The Bertz CT molecular complexity index is 500. The van der Waals surface area contributed by atoms with Crippen molar-refractivity contribution in [3.8, 4) is 5.75 Å².